The van der Waals surface area contributed by atoms with Crippen LogP contribution >= 0.6 is 15.9 Å². The van der Waals surface area contributed by atoms with Crippen molar-refractivity contribution in [1.82, 2.24) is 0 Å². The van der Waals surface area contributed by atoms with Gasteiger partial charge in [0.15, 0.2) is 0 Å². The van der Waals surface area contributed by atoms with Crippen LogP contribution in [-0.2, 0) is 9.84 Å². The largest absolute Gasteiger partial charge is 0.573 e. The summed E-state index contributed by atoms with van der Waals surface area (Å²) in [6, 6.07) is 3.55. The summed E-state index contributed by atoms with van der Waals surface area (Å²) >= 11 is 2.97. The average Bonchev–Trinajstić information content (AvgIpc) is 2.17. The lowest BCUT2D eigenvalue weighted by atomic mass is 10.2. The summed E-state index contributed by atoms with van der Waals surface area (Å²) in [5.74, 6) is -0.440. The van der Waals surface area contributed by atoms with Crippen molar-refractivity contribution in [2.45, 2.75) is 19.3 Å². The Morgan fingerprint density at radius 3 is 2.45 bits per heavy atom. The van der Waals surface area contributed by atoms with Gasteiger partial charge in [-0.25, -0.2) is 8.42 Å². The summed E-state index contributed by atoms with van der Waals surface area (Å²) in [5, 5.41) is 2.88. The van der Waals surface area contributed by atoms with Crippen LogP contribution in [0.5, 0.6) is 5.75 Å². The lowest BCUT2D eigenvalue weighted by Gasteiger charge is -2.16. The zero-order chi connectivity index (χ0) is 15.6. The third-order valence-electron chi connectivity index (χ3n) is 2.12. The van der Waals surface area contributed by atoms with Crippen LogP contribution in [0.4, 0.5) is 18.9 Å². The highest BCUT2D eigenvalue weighted by molar-refractivity contribution is 9.10. The van der Waals surface area contributed by atoms with E-state index < -0.39 is 16.2 Å². The molecule has 0 heterocycles. The monoisotopic (exact) mass is 375 g/mol. The molecule has 114 valence electrons. The molecule has 0 aliphatic carbocycles. The first kappa shape index (κ1) is 17.1. The molecular weight excluding hydrogens is 363 g/mol. The van der Waals surface area contributed by atoms with Crippen LogP contribution in [0.3, 0.4) is 0 Å². The number of halogens is 4. The average molecular weight is 376 g/mol. The maximum atomic E-state index is 12.1. The fourth-order valence-corrected chi connectivity index (χ4v) is 3.03. The second-order valence-corrected chi connectivity index (χ2v) is 7.37. The molecule has 0 aliphatic heterocycles. The molecule has 1 unspecified atom stereocenters. The summed E-state index contributed by atoms with van der Waals surface area (Å²) in [7, 11) is -3.13. The smallest absolute Gasteiger partial charge is 0.405 e. The van der Waals surface area contributed by atoms with E-state index in [1.54, 1.807) is 6.92 Å². The summed E-state index contributed by atoms with van der Waals surface area (Å²) in [6.07, 6.45) is -3.65. The van der Waals surface area contributed by atoms with Crippen molar-refractivity contribution in [1.29, 1.82) is 0 Å². The molecule has 0 aliphatic rings. The van der Waals surface area contributed by atoms with Crippen LogP contribution in [0.15, 0.2) is 22.7 Å². The molecule has 0 spiro atoms. The minimum atomic E-state index is -4.76. The number of benzene rings is 1. The van der Waals surface area contributed by atoms with Crippen LogP contribution in [0.25, 0.3) is 0 Å². The predicted octanol–water partition coefficient (Wildman–Crippen LogP) is 3.19. The fourth-order valence-electron chi connectivity index (χ4n) is 1.58. The van der Waals surface area contributed by atoms with Gasteiger partial charge < -0.3 is 10.1 Å². The van der Waals surface area contributed by atoms with Crippen LogP contribution in [0.2, 0.25) is 0 Å². The van der Waals surface area contributed by atoms with Gasteiger partial charge in [-0.15, -0.1) is 13.2 Å². The number of ether oxygens (including phenoxy) is 1. The number of nitrogens with one attached hydrogen (secondary N) is 1. The second kappa shape index (κ2) is 6.21. The number of hydrogen-bond donors (Lipinski definition) is 1. The number of anilines is 1. The molecule has 1 rings (SSSR count). The summed E-state index contributed by atoms with van der Waals surface area (Å²) in [6.45, 7) is 1.66. The van der Waals surface area contributed by atoms with Gasteiger partial charge in [0.2, 0.25) is 0 Å². The Balaban J connectivity index is 2.77. The number of hydrogen-bond acceptors (Lipinski definition) is 4. The molecule has 0 radical (unpaired) electrons. The van der Waals surface area contributed by atoms with E-state index in [4.69, 9.17) is 0 Å². The van der Waals surface area contributed by atoms with Gasteiger partial charge in [0.1, 0.15) is 15.6 Å². The topological polar surface area (TPSA) is 55.4 Å². The summed E-state index contributed by atoms with van der Waals surface area (Å²) in [5.41, 5.74) is 0.488. The van der Waals surface area contributed by atoms with E-state index in [9.17, 15) is 21.6 Å². The summed E-state index contributed by atoms with van der Waals surface area (Å²) in [4.78, 5) is 0. The van der Waals surface area contributed by atoms with E-state index in [-0.39, 0.29) is 22.0 Å². The number of sulfone groups is 1. The van der Waals surface area contributed by atoms with Gasteiger partial charge in [-0.3, -0.25) is 0 Å². The van der Waals surface area contributed by atoms with E-state index in [1.807, 2.05) is 0 Å². The SMILES string of the molecule is CC(CS(C)(=O)=O)Nc1ccc(OC(F)(F)F)c(Br)c1. The molecule has 0 amide bonds. The molecule has 1 N–H and O–H groups in total. The quantitative estimate of drug-likeness (QED) is 0.858. The second-order valence-electron chi connectivity index (χ2n) is 4.33. The molecule has 1 aromatic carbocycles. The van der Waals surface area contributed by atoms with Crippen molar-refractivity contribution in [3.8, 4) is 5.75 Å². The molecule has 0 bridgehead atoms. The molecule has 1 atom stereocenters. The van der Waals surface area contributed by atoms with Gasteiger partial charge in [-0.1, -0.05) is 0 Å². The Morgan fingerprint density at radius 2 is 2.00 bits per heavy atom. The lowest BCUT2D eigenvalue weighted by molar-refractivity contribution is -0.274. The van der Waals surface area contributed by atoms with Crippen molar-refractivity contribution in [2.75, 3.05) is 17.3 Å². The van der Waals surface area contributed by atoms with Crippen molar-refractivity contribution in [2.24, 2.45) is 0 Å². The van der Waals surface area contributed by atoms with E-state index in [0.717, 1.165) is 12.3 Å². The zero-order valence-corrected chi connectivity index (χ0v) is 13.1. The standard InChI is InChI=1S/C11H13BrF3NO3S/c1-7(6-20(2,17)18)16-8-3-4-10(9(12)5-8)19-11(13,14)15/h3-5,7,16H,6H2,1-2H3. The molecule has 0 saturated heterocycles. The molecule has 9 heteroatoms. The van der Waals surface area contributed by atoms with Gasteiger partial charge in [0, 0.05) is 18.0 Å². The first-order valence-corrected chi connectivity index (χ1v) is 8.31. The van der Waals surface area contributed by atoms with Gasteiger partial charge in [0.05, 0.1) is 10.2 Å². The maximum Gasteiger partial charge on any atom is 0.573 e. The van der Waals surface area contributed by atoms with E-state index >= 15 is 0 Å². The highest BCUT2D eigenvalue weighted by Crippen LogP contribution is 2.32. The van der Waals surface area contributed by atoms with Crippen molar-refractivity contribution < 1.29 is 26.3 Å². The van der Waals surface area contributed by atoms with Crippen molar-refractivity contribution >= 4 is 31.5 Å². The Morgan fingerprint density at radius 1 is 1.40 bits per heavy atom. The van der Waals surface area contributed by atoms with Crippen LogP contribution < -0.4 is 10.1 Å². The lowest BCUT2D eigenvalue weighted by Crippen LogP contribution is -2.25. The third-order valence-corrected chi connectivity index (χ3v) is 3.85. The maximum absolute atomic E-state index is 12.1. The van der Waals surface area contributed by atoms with Gasteiger partial charge >= 0.3 is 6.36 Å². The minimum Gasteiger partial charge on any atom is -0.405 e. The normalized spacial score (nSPS) is 13.9. The highest BCUT2D eigenvalue weighted by atomic mass is 79.9. The highest BCUT2D eigenvalue weighted by Gasteiger charge is 2.31. The molecular formula is C11H13BrF3NO3S. The zero-order valence-electron chi connectivity index (χ0n) is 10.7. The molecule has 1 aromatic rings. The van der Waals surface area contributed by atoms with Crippen molar-refractivity contribution in [3.05, 3.63) is 22.7 Å². The molecule has 4 nitrogen and oxygen atoms in total. The Kier molecular flexibility index (Phi) is 5.31. The predicted molar refractivity (Wildman–Crippen MR) is 73.6 cm³/mol. The minimum absolute atomic E-state index is 0.0780. The van der Waals surface area contributed by atoms with Crippen LogP contribution in [0, 0.1) is 0 Å². The van der Waals surface area contributed by atoms with E-state index in [2.05, 4.69) is 26.0 Å². The molecule has 0 saturated carbocycles. The van der Waals surface area contributed by atoms with Gasteiger partial charge in [-0.05, 0) is 41.1 Å². The molecule has 0 aromatic heterocycles. The summed E-state index contributed by atoms with van der Waals surface area (Å²) < 4.78 is 62.4. The third kappa shape index (κ3) is 6.47. The van der Waals surface area contributed by atoms with Crippen LogP contribution in [-0.4, -0.2) is 32.8 Å². The first-order chi connectivity index (χ1) is 8.96. The van der Waals surface area contributed by atoms with E-state index in [0.29, 0.717) is 5.69 Å². The Hall–Kier alpha value is -0.960. The Bertz CT molecular complexity index is 575. The first-order valence-electron chi connectivity index (χ1n) is 5.46. The fraction of sp³-hybridized carbons (Fsp3) is 0.455. The van der Waals surface area contributed by atoms with E-state index in [1.165, 1.54) is 12.1 Å². The molecule has 20 heavy (non-hydrogen) atoms. The number of rotatable bonds is 5. The Labute approximate surface area is 123 Å². The number of alkyl halides is 3. The van der Waals surface area contributed by atoms with Gasteiger partial charge in [0.25, 0.3) is 0 Å². The van der Waals surface area contributed by atoms with Gasteiger partial charge in [-0.2, -0.15) is 0 Å². The van der Waals surface area contributed by atoms with Crippen LogP contribution in [0.1, 0.15) is 6.92 Å². The van der Waals surface area contributed by atoms with Crippen molar-refractivity contribution in [3.63, 3.8) is 0 Å². The molecule has 0 fully saturated rings.